The molecule has 0 aliphatic heterocycles. The smallest absolute Gasteiger partial charge is 0.153 e. The summed E-state index contributed by atoms with van der Waals surface area (Å²) in [6.07, 6.45) is 0. The van der Waals surface area contributed by atoms with Crippen molar-refractivity contribution in [1.82, 2.24) is 0 Å². The van der Waals surface area contributed by atoms with Gasteiger partial charge in [0.25, 0.3) is 0 Å². The third kappa shape index (κ3) is 7.82. The van der Waals surface area contributed by atoms with Crippen molar-refractivity contribution in [3.05, 3.63) is 132 Å². The highest BCUT2D eigenvalue weighted by Crippen LogP contribution is 2.21. The Hall–Kier alpha value is -2.46. The molecule has 0 saturated heterocycles. The van der Waals surface area contributed by atoms with Crippen LogP contribution in [0.5, 0.6) is 0 Å². The van der Waals surface area contributed by atoms with Crippen LogP contribution < -0.4 is 0 Å². The molecule has 3 heteroatoms. The quantitative estimate of drug-likeness (QED) is 0.250. The summed E-state index contributed by atoms with van der Waals surface area (Å²) in [5, 5.41) is 0. The van der Waals surface area contributed by atoms with Gasteiger partial charge in [0, 0.05) is 16.2 Å². The normalized spacial score (nSPS) is 11.2. The molecule has 0 spiro atoms. The average molecular weight is 417 g/mol. The largest absolute Gasteiger partial charge is 0.611 e. The Balaban J connectivity index is 0.000000166. The van der Waals surface area contributed by atoms with Gasteiger partial charge in [-0.25, -0.2) is 0 Å². The number of hydrogen-bond acceptors (Lipinski definition) is 2. The van der Waals surface area contributed by atoms with Crippen LogP contribution in [0.1, 0.15) is 11.1 Å². The zero-order chi connectivity index (χ0) is 20.2. The van der Waals surface area contributed by atoms with Crippen molar-refractivity contribution >= 4 is 22.9 Å². The number of rotatable bonds is 6. The predicted molar refractivity (Wildman–Crippen MR) is 125 cm³/mol. The van der Waals surface area contributed by atoms with Gasteiger partial charge in [-0.05, 0) is 41.0 Å². The molecule has 0 aromatic heterocycles. The average Bonchev–Trinajstić information content (AvgIpc) is 2.81. The molecule has 146 valence electrons. The van der Waals surface area contributed by atoms with Crippen molar-refractivity contribution < 1.29 is 4.55 Å². The minimum atomic E-state index is -0.934. The van der Waals surface area contributed by atoms with Crippen molar-refractivity contribution in [1.29, 1.82) is 0 Å². The third-order valence-electron chi connectivity index (χ3n) is 4.14. The highest BCUT2D eigenvalue weighted by atomic mass is 32.2. The van der Waals surface area contributed by atoms with Crippen LogP contribution in [0, 0.1) is 0 Å². The molecule has 0 amide bonds. The molecule has 0 aliphatic carbocycles. The topological polar surface area (TPSA) is 23.1 Å². The van der Waals surface area contributed by atoms with Crippen LogP contribution in [-0.2, 0) is 22.7 Å². The fraction of sp³-hybridized carbons (Fsp3) is 0.0769. The van der Waals surface area contributed by atoms with Crippen LogP contribution in [-0.4, -0.2) is 4.55 Å². The van der Waals surface area contributed by atoms with Gasteiger partial charge in [-0.15, -0.1) is 11.8 Å². The van der Waals surface area contributed by atoms with E-state index in [-0.39, 0.29) is 0 Å². The summed E-state index contributed by atoms with van der Waals surface area (Å²) < 4.78 is 11.9. The van der Waals surface area contributed by atoms with Crippen molar-refractivity contribution in [3.63, 3.8) is 0 Å². The van der Waals surface area contributed by atoms with E-state index in [2.05, 4.69) is 54.6 Å². The second-order valence-corrected chi connectivity index (χ2v) is 8.88. The van der Waals surface area contributed by atoms with Crippen molar-refractivity contribution in [2.24, 2.45) is 0 Å². The van der Waals surface area contributed by atoms with Gasteiger partial charge in [0.05, 0.1) is 0 Å². The number of benzene rings is 4. The minimum absolute atomic E-state index is 0.588. The van der Waals surface area contributed by atoms with Crippen LogP contribution in [0.2, 0.25) is 0 Å². The summed E-state index contributed by atoms with van der Waals surface area (Å²) in [7, 11) is 0. The molecule has 1 unspecified atom stereocenters. The summed E-state index contributed by atoms with van der Waals surface area (Å²) >= 11 is 0.939. The van der Waals surface area contributed by atoms with E-state index in [4.69, 9.17) is 0 Å². The first-order chi connectivity index (χ1) is 14.3. The van der Waals surface area contributed by atoms with Gasteiger partial charge in [0.2, 0.25) is 0 Å². The predicted octanol–water partition coefficient (Wildman–Crippen LogP) is 6.97. The van der Waals surface area contributed by atoms with Crippen LogP contribution in [0.3, 0.4) is 0 Å². The molecule has 1 nitrogen and oxygen atoms in total. The summed E-state index contributed by atoms with van der Waals surface area (Å²) in [4.78, 5) is 2.22. The molecule has 0 heterocycles. The number of thioether (sulfide) groups is 1. The van der Waals surface area contributed by atoms with Crippen molar-refractivity contribution in [2.75, 3.05) is 0 Å². The highest BCUT2D eigenvalue weighted by Gasteiger charge is 2.10. The molecule has 0 aliphatic rings. The van der Waals surface area contributed by atoms with Gasteiger partial charge < -0.3 is 4.55 Å². The van der Waals surface area contributed by atoms with Gasteiger partial charge in [0.15, 0.2) is 4.90 Å². The maximum atomic E-state index is 11.9. The lowest BCUT2D eigenvalue weighted by Crippen LogP contribution is -2.04. The first-order valence-electron chi connectivity index (χ1n) is 9.50. The van der Waals surface area contributed by atoms with Gasteiger partial charge in [0.1, 0.15) is 5.75 Å². The zero-order valence-electron chi connectivity index (χ0n) is 16.2. The highest BCUT2D eigenvalue weighted by molar-refractivity contribution is 7.98. The molecule has 0 radical (unpaired) electrons. The second-order valence-electron chi connectivity index (χ2n) is 6.38. The molecule has 0 N–H and O–H groups in total. The van der Waals surface area contributed by atoms with Crippen molar-refractivity contribution in [3.8, 4) is 0 Å². The van der Waals surface area contributed by atoms with E-state index in [1.54, 1.807) is 0 Å². The molecule has 4 rings (SSSR count). The Kier molecular flexibility index (Phi) is 8.92. The number of hydrogen-bond donors (Lipinski definition) is 0. The lowest BCUT2D eigenvalue weighted by Gasteiger charge is -2.09. The zero-order valence-corrected chi connectivity index (χ0v) is 17.8. The van der Waals surface area contributed by atoms with E-state index in [0.29, 0.717) is 5.75 Å². The first-order valence-corrected chi connectivity index (χ1v) is 11.8. The van der Waals surface area contributed by atoms with Crippen molar-refractivity contribution in [2.45, 2.75) is 21.3 Å². The minimum Gasteiger partial charge on any atom is -0.611 e. The maximum Gasteiger partial charge on any atom is 0.153 e. The van der Waals surface area contributed by atoms with E-state index < -0.39 is 11.2 Å². The van der Waals surface area contributed by atoms with E-state index in [1.807, 2.05) is 78.5 Å². The fourth-order valence-electron chi connectivity index (χ4n) is 2.64. The Morgan fingerprint density at radius 2 is 1.00 bits per heavy atom. The summed E-state index contributed by atoms with van der Waals surface area (Å²) in [5.41, 5.74) is 2.49. The lowest BCUT2D eigenvalue weighted by atomic mass is 10.2. The van der Waals surface area contributed by atoms with Crippen LogP contribution >= 0.6 is 11.8 Å². The molecule has 29 heavy (non-hydrogen) atoms. The Labute approximate surface area is 181 Å². The van der Waals surface area contributed by atoms with E-state index in [1.165, 1.54) is 10.5 Å². The summed E-state index contributed by atoms with van der Waals surface area (Å²) in [6.45, 7) is 0. The lowest BCUT2D eigenvalue weighted by molar-refractivity contribution is 0.594. The Bertz CT molecular complexity index is 890. The Morgan fingerprint density at radius 3 is 1.55 bits per heavy atom. The van der Waals surface area contributed by atoms with Crippen LogP contribution in [0.4, 0.5) is 0 Å². The van der Waals surface area contributed by atoms with E-state index in [0.717, 1.165) is 16.2 Å². The standard InChI is InChI=1S/C13H12OS.C13H12S/c14-15(13-9-5-2-6-10-13)11-12-7-3-1-4-8-12;1-3-7-12(8-4-1)11-14-13-9-5-2-6-10-13/h1-10H,11H2;1-10H,11H2. The molecule has 1 atom stereocenters. The van der Waals surface area contributed by atoms with Gasteiger partial charge >= 0.3 is 0 Å². The fourth-order valence-corrected chi connectivity index (χ4v) is 4.64. The first kappa shape index (κ1) is 21.3. The molecular weight excluding hydrogens is 392 g/mol. The summed E-state index contributed by atoms with van der Waals surface area (Å²) in [5.74, 6) is 1.63. The Morgan fingerprint density at radius 1 is 0.552 bits per heavy atom. The van der Waals surface area contributed by atoms with E-state index >= 15 is 0 Å². The molecule has 4 aromatic carbocycles. The molecular formula is C26H24OS2. The summed E-state index contributed by atoms with van der Waals surface area (Å²) in [6, 6.07) is 40.5. The van der Waals surface area contributed by atoms with Gasteiger partial charge in [-0.3, -0.25) is 0 Å². The second kappa shape index (κ2) is 12.2. The molecule has 0 fully saturated rings. The molecule has 0 saturated carbocycles. The van der Waals surface area contributed by atoms with Gasteiger partial charge in [-0.1, -0.05) is 97.1 Å². The van der Waals surface area contributed by atoms with Gasteiger partial charge in [-0.2, -0.15) is 0 Å². The molecule has 4 aromatic rings. The van der Waals surface area contributed by atoms with Crippen LogP contribution in [0.15, 0.2) is 131 Å². The maximum absolute atomic E-state index is 11.9. The third-order valence-corrected chi connectivity index (χ3v) is 6.61. The molecule has 0 bridgehead atoms. The van der Waals surface area contributed by atoms with Crippen LogP contribution in [0.25, 0.3) is 0 Å². The SMILES string of the molecule is [O-][S+](Cc1ccccc1)c1ccccc1.c1ccc(CSc2ccccc2)cc1. The van der Waals surface area contributed by atoms with E-state index in [9.17, 15) is 4.55 Å². The monoisotopic (exact) mass is 416 g/mol.